The molecule has 0 fully saturated rings. The first-order valence-electron chi connectivity index (χ1n) is 5.65. The third-order valence-corrected chi connectivity index (χ3v) is 2.61. The van der Waals surface area contributed by atoms with Crippen molar-refractivity contribution in [2.24, 2.45) is 0 Å². The Kier molecular flexibility index (Phi) is 3.62. The minimum atomic E-state index is -0.382. The average molecular weight is 245 g/mol. The Morgan fingerprint density at radius 1 is 1.44 bits per heavy atom. The molecule has 0 bridgehead atoms. The third-order valence-electron chi connectivity index (χ3n) is 2.61. The van der Waals surface area contributed by atoms with E-state index in [9.17, 15) is 4.79 Å². The first-order valence-corrected chi connectivity index (χ1v) is 5.65. The molecule has 0 radical (unpaired) electrons. The predicted octanol–water partition coefficient (Wildman–Crippen LogP) is 2.05. The van der Waals surface area contributed by atoms with Crippen molar-refractivity contribution in [2.45, 2.75) is 13.0 Å². The van der Waals surface area contributed by atoms with Crippen LogP contribution in [0.4, 0.5) is 5.69 Å². The number of ether oxygens (including phenoxy) is 1. The molecular weight excluding hydrogens is 230 g/mol. The monoisotopic (exact) mass is 245 g/mol. The van der Waals surface area contributed by atoms with Crippen molar-refractivity contribution < 1.29 is 9.53 Å². The van der Waals surface area contributed by atoms with Crippen molar-refractivity contribution in [3.8, 4) is 11.3 Å². The van der Waals surface area contributed by atoms with Gasteiger partial charge in [-0.2, -0.15) is 5.10 Å². The van der Waals surface area contributed by atoms with E-state index in [4.69, 9.17) is 0 Å². The summed E-state index contributed by atoms with van der Waals surface area (Å²) in [6, 6.07) is 9.26. The summed E-state index contributed by atoms with van der Waals surface area (Å²) in [6.07, 6.45) is 1.70. The molecule has 0 spiro atoms. The van der Waals surface area contributed by atoms with E-state index < -0.39 is 0 Å². The molecule has 1 unspecified atom stereocenters. The highest BCUT2D eigenvalue weighted by molar-refractivity contribution is 5.79. The summed E-state index contributed by atoms with van der Waals surface area (Å²) in [5.41, 5.74) is 2.80. The number of benzene rings is 1. The van der Waals surface area contributed by atoms with E-state index in [0.29, 0.717) is 0 Å². The van der Waals surface area contributed by atoms with Gasteiger partial charge < -0.3 is 10.1 Å². The maximum absolute atomic E-state index is 11.3. The number of rotatable bonds is 4. The lowest BCUT2D eigenvalue weighted by Crippen LogP contribution is -2.27. The Balaban J connectivity index is 2.15. The topological polar surface area (TPSA) is 67.0 Å². The summed E-state index contributed by atoms with van der Waals surface area (Å²) in [5.74, 6) is -0.290. The molecule has 0 aliphatic rings. The summed E-state index contributed by atoms with van der Waals surface area (Å²) in [6.45, 7) is 1.76. The standard InChI is InChI=1S/C13H15N3O2/c1-9(13(17)18-2)15-11-5-3-4-10(8-11)12-6-7-14-16-12/h3-9,15H,1-2H3,(H,14,16). The molecule has 2 aromatic rings. The van der Waals surface area contributed by atoms with E-state index in [0.717, 1.165) is 16.9 Å². The van der Waals surface area contributed by atoms with Gasteiger partial charge >= 0.3 is 5.97 Å². The van der Waals surface area contributed by atoms with Gasteiger partial charge in [0.05, 0.1) is 12.8 Å². The van der Waals surface area contributed by atoms with Gasteiger partial charge in [0.2, 0.25) is 0 Å². The summed E-state index contributed by atoms with van der Waals surface area (Å²) in [5, 5.41) is 9.90. The molecule has 0 aliphatic carbocycles. The van der Waals surface area contributed by atoms with Gasteiger partial charge in [-0.15, -0.1) is 0 Å². The maximum atomic E-state index is 11.3. The molecule has 1 aromatic heterocycles. The highest BCUT2D eigenvalue weighted by Gasteiger charge is 2.12. The molecule has 5 heteroatoms. The molecule has 0 aliphatic heterocycles. The molecule has 5 nitrogen and oxygen atoms in total. The third kappa shape index (κ3) is 2.68. The van der Waals surface area contributed by atoms with Gasteiger partial charge in [-0.05, 0) is 25.1 Å². The van der Waals surface area contributed by atoms with Crippen molar-refractivity contribution >= 4 is 11.7 Å². The minimum absolute atomic E-state index is 0.290. The summed E-state index contributed by atoms with van der Waals surface area (Å²) in [4.78, 5) is 11.3. The predicted molar refractivity (Wildman–Crippen MR) is 69.1 cm³/mol. The van der Waals surface area contributed by atoms with Crippen LogP contribution in [-0.4, -0.2) is 29.3 Å². The summed E-state index contributed by atoms with van der Waals surface area (Å²) in [7, 11) is 1.38. The van der Waals surface area contributed by atoms with E-state index in [1.807, 2.05) is 30.3 Å². The molecule has 2 N–H and O–H groups in total. The van der Waals surface area contributed by atoms with Gasteiger partial charge in [0.15, 0.2) is 0 Å². The first kappa shape index (κ1) is 12.2. The van der Waals surface area contributed by atoms with Crippen LogP contribution in [0.5, 0.6) is 0 Å². The molecule has 94 valence electrons. The van der Waals surface area contributed by atoms with E-state index in [1.54, 1.807) is 13.1 Å². The fourth-order valence-corrected chi connectivity index (χ4v) is 1.68. The average Bonchev–Trinajstić information content (AvgIpc) is 2.92. The first-order chi connectivity index (χ1) is 8.70. The number of nitrogens with zero attached hydrogens (tertiary/aromatic N) is 1. The SMILES string of the molecule is COC(=O)C(C)Nc1cccc(-c2ccn[nH]2)c1. The van der Waals surface area contributed by atoms with Gasteiger partial charge in [0.25, 0.3) is 0 Å². The van der Waals surface area contributed by atoms with E-state index in [2.05, 4.69) is 20.3 Å². The zero-order chi connectivity index (χ0) is 13.0. The fourth-order valence-electron chi connectivity index (χ4n) is 1.68. The smallest absolute Gasteiger partial charge is 0.327 e. The second kappa shape index (κ2) is 5.35. The van der Waals surface area contributed by atoms with Crippen LogP contribution in [0, 0.1) is 0 Å². The number of H-pyrrole nitrogens is 1. The summed E-state index contributed by atoms with van der Waals surface area (Å²) < 4.78 is 4.67. The fraction of sp³-hybridized carbons (Fsp3) is 0.231. The molecule has 0 saturated carbocycles. The van der Waals surface area contributed by atoms with Gasteiger partial charge in [-0.25, -0.2) is 4.79 Å². The second-order valence-electron chi connectivity index (χ2n) is 3.94. The van der Waals surface area contributed by atoms with Crippen LogP contribution in [0.3, 0.4) is 0 Å². The number of carbonyl (C=O) groups excluding carboxylic acids is 1. The van der Waals surface area contributed by atoms with Gasteiger partial charge in [0, 0.05) is 17.4 Å². The number of aromatic amines is 1. The van der Waals surface area contributed by atoms with Crippen molar-refractivity contribution in [1.82, 2.24) is 10.2 Å². The van der Waals surface area contributed by atoms with Crippen LogP contribution < -0.4 is 5.32 Å². The molecule has 18 heavy (non-hydrogen) atoms. The lowest BCUT2D eigenvalue weighted by Gasteiger charge is -2.13. The minimum Gasteiger partial charge on any atom is -0.467 e. The number of nitrogens with one attached hydrogen (secondary N) is 2. The number of carbonyl (C=O) groups is 1. The number of anilines is 1. The van der Waals surface area contributed by atoms with Crippen LogP contribution in [0.15, 0.2) is 36.5 Å². The van der Waals surface area contributed by atoms with E-state index >= 15 is 0 Å². The normalized spacial score (nSPS) is 11.9. The number of aromatic nitrogens is 2. The quantitative estimate of drug-likeness (QED) is 0.809. The van der Waals surface area contributed by atoms with Crippen molar-refractivity contribution in [1.29, 1.82) is 0 Å². The van der Waals surface area contributed by atoms with Crippen LogP contribution in [0.2, 0.25) is 0 Å². The van der Waals surface area contributed by atoms with Crippen LogP contribution in [-0.2, 0) is 9.53 Å². The lowest BCUT2D eigenvalue weighted by atomic mass is 10.1. The Labute approximate surface area is 105 Å². The van der Waals surface area contributed by atoms with E-state index in [1.165, 1.54) is 7.11 Å². The Hall–Kier alpha value is -2.30. The lowest BCUT2D eigenvalue weighted by molar-refractivity contribution is -0.141. The maximum Gasteiger partial charge on any atom is 0.327 e. The molecule has 0 amide bonds. The van der Waals surface area contributed by atoms with Crippen LogP contribution >= 0.6 is 0 Å². The van der Waals surface area contributed by atoms with Gasteiger partial charge in [-0.3, -0.25) is 5.10 Å². The van der Waals surface area contributed by atoms with Crippen molar-refractivity contribution in [2.75, 3.05) is 12.4 Å². The number of hydrogen-bond donors (Lipinski definition) is 2. The van der Waals surface area contributed by atoms with Crippen molar-refractivity contribution in [3.63, 3.8) is 0 Å². The van der Waals surface area contributed by atoms with Gasteiger partial charge in [-0.1, -0.05) is 12.1 Å². The number of methoxy groups -OCH3 is 1. The number of hydrogen-bond acceptors (Lipinski definition) is 4. The Morgan fingerprint density at radius 3 is 2.94 bits per heavy atom. The Morgan fingerprint density at radius 2 is 2.28 bits per heavy atom. The van der Waals surface area contributed by atoms with Gasteiger partial charge in [0.1, 0.15) is 6.04 Å². The Bertz CT molecular complexity index is 523. The van der Waals surface area contributed by atoms with Crippen molar-refractivity contribution in [3.05, 3.63) is 36.5 Å². The summed E-state index contributed by atoms with van der Waals surface area (Å²) >= 11 is 0. The zero-order valence-electron chi connectivity index (χ0n) is 10.3. The van der Waals surface area contributed by atoms with Crippen LogP contribution in [0.1, 0.15) is 6.92 Å². The number of esters is 1. The van der Waals surface area contributed by atoms with E-state index in [-0.39, 0.29) is 12.0 Å². The highest BCUT2D eigenvalue weighted by atomic mass is 16.5. The second-order valence-corrected chi connectivity index (χ2v) is 3.94. The largest absolute Gasteiger partial charge is 0.467 e. The molecule has 0 saturated heterocycles. The molecule has 1 atom stereocenters. The highest BCUT2D eigenvalue weighted by Crippen LogP contribution is 2.20. The molecule has 1 heterocycles. The molecule has 2 rings (SSSR count). The zero-order valence-corrected chi connectivity index (χ0v) is 10.3. The molecular formula is C13H15N3O2. The molecule has 1 aromatic carbocycles. The van der Waals surface area contributed by atoms with Crippen LogP contribution in [0.25, 0.3) is 11.3 Å².